The Morgan fingerprint density at radius 3 is 2.56 bits per heavy atom. The Labute approximate surface area is 133 Å². The van der Waals surface area contributed by atoms with E-state index in [1.54, 1.807) is 0 Å². The van der Waals surface area contributed by atoms with Crippen LogP contribution < -0.4 is 0 Å². The monoisotopic (exact) mass is 460 g/mol. The molecule has 1 aromatic heterocycles. The van der Waals surface area contributed by atoms with Crippen LogP contribution in [0.5, 0.6) is 0 Å². The van der Waals surface area contributed by atoms with Gasteiger partial charge in [-0.2, -0.15) is 5.10 Å². The number of hydrogen-bond acceptors (Lipinski definition) is 1. The zero-order chi connectivity index (χ0) is 12.5. The molecule has 0 aliphatic rings. The van der Waals surface area contributed by atoms with Crippen molar-refractivity contribution < 1.29 is 0 Å². The Morgan fingerprint density at radius 1 is 1.00 bits per heavy atom. The average Bonchev–Trinajstić information content (AvgIpc) is 2.67. The van der Waals surface area contributed by atoms with Crippen LogP contribution in [0.3, 0.4) is 0 Å². The lowest BCUT2D eigenvalue weighted by Gasteiger charge is -2.03. The number of benzene rings is 2. The summed E-state index contributed by atoms with van der Waals surface area (Å²) >= 11 is 4.64. The summed E-state index contributed by atoms with van der Waals surface area (Å²) < 4.78 is 4.39. The zero-order valence-corrected chi connectivity index (χ0v) is 13.8. The standard InChI is InChI=1S/C14H10I2N2/c15-11-6-7-13-12(8-11)14(16)17-18(13)9-10-4-2-1-3-5-10/h1-8H,9H2. The van der Waals surface area contributed by atoms with Crippen molar-refractivity contribution in [2.45, 2.75) is 6.54 Å². The van der Waals surface area contributed by atoms with Gasteiger partial charge in [0.15, 0.2) is 0 Å². The van der Waals surface area contributed by atoms with Crippen molar-refractivity contribution in [3.05, 3.63) is 61.4 Å². The van der Waals surface area contributed by atoms with Crippen LogP contribution in [-0.2, 0) is 6.54 Å². The third-order valence-corrected chi connectivity index (χ3v) is 4.31. The summed E-state index contributed by atoms with van der Waals surface area (Å²) in [5.74, 6) is 0. The van der Waals surface area contributed by atoms with Gasteiger partial charge < -0.3 is 0 Å². The van der Waals surface area contributed by atoms with E-state index >= 15 is 0 Å². The van der Waals surface area contributed by atoms with Crippen LogP contribution in [0.15, 0.2) is 48.5 Å². The van der Waals surface area contributed by atoms with Crippen LogP contribution in [0.4, 0.5) is 0 Å². The molecule has 0 unspecified atom stereocenters. The van der Waals surface area contributed by atoms with Crippen LogP contribution in [0, 0.1) is 7.27 Å². The van der Waals surface area contributed by atoms with E-state index in [1.807, 2.05) is 6.07 Å². The summed E-state index contributed by atoms with van der Waals surface area (Å²) in [4.78, 5) is 0. The maximum Gasteiger partial charge on any atom is 0.131 e. The van der Waals surface area contributed by atoms with Crippen molar-refractivity contribution in [3.8, 4) is 0 Å². The fourth-order valence-electron chi connectivity index (χ4n) is 1.99. The molecule has 0 amide bonds. The minimum Gasteiger partial charge on any atom is -0.259 e. The molecule has 1 heterocycles. The summed E-state index contributed by atoms with van der Waals surface area (Å²) in [5.41, 5.74) is 2.47. The topological polar surface area (TPSA) is 17.8 Å². The van der Waals surface area contributed by atoms with E-state index in [0.717, 1.165) is 10.2 Å². The maximum absolute atomic E-state index is 4.63. The minimum atomic E-state index is 0.820. The van der Waals surface area contributed by atoms with E-state index in [-0.39, 0.29) is 0 Å². The molecular formula is C14H10I2N2. The maximum atomic E-state index is 4.63. The fraction of sp³-hybridized carbons (Fsp3) is 0.0714. The Bertz CT molecular complexity index is 690. The van der Waals surface area contributed by atoms with E-state index in [9.17, 15) is 0 Å². The summed E-state index contributed by atoms with van der Waals surface area (Å²) in [6.45, 7) is 0.820. The molecule has 90 valence electrons. The van der Waals surface area contributed by atoms with Crippen LogP contribution in [0.1, 0.15) is 5.56 Å². The minimum absolute atomic E-state index is 0.820. The van der Waals surface area contributed by atoms with Crippen molar-refractivity contribution in [2.75, 3.05) is 0 Å². The van der Waals surface area contributed by atoms with Gasteiger partial charge in [-0.3, -0.25) is 4.68 Å². The molecule has 2 nitrogen and oxygen atoms in total. The van der Waals surface area contributed by atoms with Gasteiger partial charge in [-0.25, -0.2) is 0 Å². The zero-order valence-electron chi connectivity index (χ0n) is 9.48. The Balaban J connectivity index is 2.08. The predicted molar refractivity (Wildman–Crippen MR) is 90.7 cm³/mol. The number of hydrogen-bond donors (Lipinski definition) is 0. The molecule has 0 fully saturated rings. The fourth-order valence-corrected chi connectivity index (χ4v) is 3.17. The molecule has 0 spiro atoms. The van der Waals surface area contributed by atoms with Gasteiger partial charge in [0.1, 0.15) is 3.70 Å². The summed E-state index contributed by atoms with van der Waals surface area (Å²) in [6, 6.07) is 16.9. The lowest BCUT2D eigenvalue weighted by atomic mass is 10.2. The molecule has 0 atom stereocenters. The van der Waals surface area contributed by atoms with Crippen molar-refractivity contribution in [2.24, 2.45) is 0 Å². The second-order valence-electron chi connectivity index (χ2n) is 4.10. The first-order valence-electron chi connectivity index (χ1n) is 5.59. The third-order valence-electron chi connectivity index (χ3n) is 2.84. The molecule has 0 radical (unpaired) electrons. The van der Waals surface area contributed by atoms with E-state index in [1.165, 1.54) is 20.0 Å². The molecule has 0 aliphatic heterocycles. The molecule has 0 aliphatic carbocycles. The molecule has 0 saturated carbocycles. The first-order valence-corrected chi connectivity index (χ1v) is 7.75. The van der Waals surface area contributed by atoms with Gasteiger partial charge in [-0.1, -0.05) is 30.3 Å². The third kappa shape index (κ3) is 2.40. The van der Waals surface area contributed by atoms with Crippen molar-refractivity contribution in [3.63, 3.8) is 0 Å². The number of halogens is 2. The molecule has 0 saturated heterocycles. The van der Waals surface area contributed by atoms with Gasteiger partial charge in [0.05, 0.1) is 12.1 Å². The highest BCUT2D eigenvalue weighted by atomic mass is 127. The largest absolute Gasteiger partial charge is 0.259 e. The van der Waals surface area contributed by atoms with Crippen molar-refractivity contribution in [1.82, 2.24) is 9.78 Å². The smallest absolute Gasteiger partial charge is 0.131 e. The average molecular weight is 460 g/mol. The summed E-state index contributed by atoms with van der Waals surface area (Å²) in [7, 11) is 0. The highest BCUT2D eigenvalue weighted by molar-refractivity contribution is 14.1. The number of fused-ring (bicyclic) bond motifs is 1. The van der Waals surface area contributed by atoms with E-state index in [4.69, 9.17) is 0 Å². The second kappa shape index (κ2) is 5.16. The van der Waals surface area contributed by atoms with Crippen LogP contribution in [0.2, 0.25) is 0 Å². The molecule has 0 bridgehead atoms. The Kier molecular flexibility index (Phi) is 3.56. The first kappa shape index (κ1) is 12.4. The Morgan fingerprint density at radius 2 is 1.78 bits per heavy atom. The van der Waals surface area contributed by atoms with Gasteiger partial charge in [-0.05, 0) is 68.9 Å². The van der Waals surface area contributed by atoms with Crippen molar-refractivity contribution in [1.29, 1.82) is 0 Å². The Hall–Kier alpha value is -0.630. The van der Waals surface area contributed by atoms with Gasteiger partial charge in [-0.15, -0.1) is 0 Å². The lowest BCUT2D eigenvalue weighted by molar-refractivity contribution is 0.705. The number of aromatic nitrogens is 2. The van der Waals surface area contributed by atoms with Crippen LogP contribution in [0.25, 0.3) is 10.9 Å². The molecule has 18 heavy (non-hydrogen) atoms. The highest BCUT2D eigenvalue weighted by Crippen LogP contribution is 2.23. The van der Waals surface area contributed by atoms with Gasteiger partial charge in [0, 0.05) is 8.96 Å². The molecule has 2 aromatic carbocycles. The van der Waals surface area contributed by atoms with Gasteiger partial charge in [0.25, 0.3) is 0 Å². The predicted octanol–water partition coefficient (Wildman–Crippen LogP) is 4.29. The van der Waals surface area contributed by atoms with Crippen LogP contribution in [-0.4, -0.2) is 9.78 Å². The van der Waals surface area contributed by atoms with Crippen LogP contribution >= 0.6 is 45.2 Å². The molecular weight excluding hydrogens is 450 g/mol. The lowest BCUT2D eigenvalue weighted by Crippen LogP contribution is -2.01. The molecule has 0 N–H and O–H groups in total. The number of nitrogens with zero attached hydrogens (tertiary/aromatic N) is 2. The molecule has 3 aromatic rings. The van der Waals surface area contributed by atoms with E-state index < -0.39 is 0 Å². The second-order valence-corrected chi connectivity index (χ2v) is 6.36. The quantitative estimate of drug-likeness (QED) is 0.522. The number of rotatable bonds is 2. The van der Waals surface area contributed by atoms with E-state index in [2.05, 4.69) is 97.4 Å². The first-order chi connectivity index (χ1) is 8.74. The molecule has 3 rings (SSSR count). The van der Waals surface area contributed by atoms with Gasteiger partial charge >= 0.3 is 0 Å². The normalized spacial score (nSPS) is 11.0. The van der Waals surface area contributed by atoms with E-state index in [0.29, 0.717) is 0 Å². The van der Waals surface area contributed by atoms with Gasteiger partial charge in [0.2, 0.25) is 0 Å². The molecule has 4 heteroatoms. The summed E-state index contributed by atoms with van der Waals surface area (Å²) in [6.07, 6.45) is 0. The highest BCUT2D eigenvalue weighted by Gasteiger charge is 2.08. The summed E-state index contributed by atoms with van der Waals surface area (Å²) in [5, 5.41) is 5.86. The van der Waals surface area contributed by atoms with Crippen molar-refractivity contribution >= 4 is 56.1 Å². The SMILES string of the molecule is Ic1ccc2c(c1)c(I)nn2Cc1ccccc1.